The van der Waals surface area contributed by atoms with E-state index < -0.39 is 0 Å². The molecule has 0 atom stereocenters. The Balaban J connectivity index is 1.47. The fraction of sp³-hybridized carbons (Fsp3) is 0.0435. The topological polar surface area (TPSA) is 104 Å². The maximum Gasteiger partial charge on any atom is 0.265 e. The molecular weight excluding hydrogens is 412 g/mol. The minimum Gasteiger partial charge on any atom is -0.336 e. The molecule has 0 aliphatic rings. The summed E-state index contributed by atoms with van der Waals surface area (Å²) in [6, 6.07) is 19.1. The first-order valence-corrected chi connectivity index (χ1v) is 10.2. The number of aromatic nitrogens is 1. The summed E-state index contributed by atoms with van der Waals surface area (Å²) in [6.07, 6.45) is 1.40. The first-order chi connectivity index (χ1) is 15.0. The van der Waals surface area contributed by atoms with Crippen LogP contribution in [0.3, 0.4) is 0 Å². The van der Waals surface area contributed by atoms with Gasteiger partial charge in [-0.25, -0.2) is 0 Å². The molecule has 0 aliphatic carbocycles. The van der Waals surface area contributed by atoms with Crippen molar-refractivity contribution in [3.63, 3.8) is 0 Å². The summed E-state index contributed by atoms with van der Waals surface area (Å²) < 4.78 is 1.58. The Morgan fingerprint density at radius 2 is 1.68 bits per heavy atom. The maximum absolute atomic E-state index is 12.6. The molecule has 0 radical (unpaired) electrons. The first kappa shape index (κ1) is 20.1. The van der Waals surface area contributed by atoms with Crippen molar-refractivity contribution >= 4 is 45.4 Å². The van der Waals surface area contributed by atoms with E-state index >= 15 is 0 Å². The summed E-state index contributed by atoms with van der Waals surface area (Å²) in [5.74, 6) is -0.502. The quantitative estimate of drug-likeness (QED) is 0.504. The second kappa shape index (κ2) is 8.65. The lowest BCUT2D eigenvalue weighted by Gasteiger charge is -2.12. The number of carbonyl (C=O) groups excluding carboxylic acids is 2. The van der Waals surface area contributed by atoms with E-state index in [1.807, 2.05) is 17.5 Å². The number of rotatable bonds is 5. The molecule has 0 bridgehead atoms. The number of para-hydroxylation sites is 1. The lowest BCUT2D eigenvalue weighted by Crippen LogP contribution is -2.21. The Hall–Kier alpha value is -4.22. The number of pyridine rings is 1. The van der Waals surface area contributed by atoms with E-state index in [2.05, 4.69) is 10.6 Å². The van der Waals surface area contributed by atoms with Crippen molar-refractivity contribution in [2.75, 3.05) is 10.6 Å². The Morgan fingerprint density at radius 3 is 2.35 bits per heavy atom. The lowest BCUT2D eigenvalue weighted by atomic mass is 10.1. The van der Waals surface area contributed by atoms with Gasteiger partial charge in [0.05, 0.1) is 10.4 Å². The van der Waals surface area contributed by atoms with Gasteiger partial charge in [0.1, 0.15) is 18.2 Å². The number of anilines is 2. The zero-order valence-electron chi connectivity index (χ0n) is 16.2. The van der Waals surface area contributed by atoms with Crippen LogP contribution in [0.4, 0.5) is 11.4 Å². The van der Waals surface area contributed by atoms with Crippen molar-refractivity contribution in [2.45, 2.75) is 6.54 Å². The molecule has 4 aromatic rings. The predicted octanol–water partition coefficient (Wildman–Crippen LogP) is 3.83. The van der Waals surface area contributed by atoms with Crippen LogP contribution in [0.1, 0.15) is 15.2 Å². The maximum atomic E-state index is 12.6. The van der Waals surface area contributed by atoms with Gasteiger partial charge in [-0.05, 0) is 47.8 Å². The first-order valence-electron chi connectivity index (χ1n) is 9.32. The molecular formula is C23H16N4O3S. The van der Waals surface area contributed by atoms with E-state index in [-0.39, 0.29) is 29.4 Å². The van der Waals surface area contributed by atoms with E-state index in [1.165, 1.54) is 17.5 Å². The average molecular weight is 428 g/mol. The SMILES string of the molecule is N#Cc1cn(CC(=O)Nc2ccc(NC(=O)c3cccs3)cc2)c2ccccc2c1=O. The highest BCUT2D eigenvalue weighted by Crippen LogP contribution is 2.17. The van der Waals surface area contributed by atoms with Crippen LogP contribution in [0.25, 0.3) is 10.9 Å². The van der Waals surface area contributed by atoms with Crippen LogP contribution in [0.2, 0.25) is 0 Å². The van der Waals surface area contributed by atoms with Crippen LogP contribution in [-0.4, -0.2) is 16.4 Å². The molecule has 0 spiro atoms. The Bertz CT molecular complexity index is 1370. The molecule has 2 amide bonds. The number of nitriles is 1. The third-order valence-corrected chi connectivity index (χ3v) is 5.46. The fourth-order valence-electron chi connectivity index (χ4n) is 3.15. The second-order valence-corrected chi connectivity index (χ2v) is 7.63. The van der Waals surface area contributed by atoms with Gasteiger partial charge in [0, 0.05) is 23.0 Å². The minimum atomic E-state index is -0.352. The van der Waals surface area contributed by atoms with Crippen molar-refractivity contribution in [1.29, 1.82) is 5.26 Å². The molecule has 0 aliphatic heterocycles. The molecule has 0 unspecified atom stereocenters. The number of carbonyl (C=O) groups is 2. The lowest BCUT2D eigenvalue weighted by molar-refractivity contribution is -0.116. The third-order valence-electron chi connectivity index (χ3n) is 4.59. The van der Waals surface area contributed by atoms with Gasteiger partial charge in [-0.3, -0.25) is 14.4 Å². The van der Waals surface area contributed by atoms with Crippen LogP contribution in [-0.2, 0) is 11.3 Å². The Labute approximate surface area is 181 Å². The van der Waals surface area contributed by atoms with E-state index in [4.69, 9.17) is 0 Å². The van der Waals surface area contributed by atoms with Gasteiger partial charge in [-0.1, -0.05) is 18.2 Å². The molecule has 2 aromatic carbocycles. The van der Waals surface area contributed by atoms with Gasteiger partial charge in [-0.2, -0.15) is 5.26 Å². The van der Waals surface area contributed by atoms with Crippen molar-refractivity contribution in [2.24, 2.45) is 0 Å². The van der Waals surface area contributed by atoms with Crippen molar-refractivity contribution < 1.29 is 9.59 Å². The fourth-order valence-corrected chi connectivity index (χ4v) is 3.77. The molecule has 4 rings (SSSR count). The number of amides is 2. The van der Waals surface area contributed by atoms with Crippen LogP contribution >= 0.6 is 11.3 Å². The minimum absolute atomic E-state index is 0.0164. The van der Waals surface area contributed by atoms with Crippen LogP contribution in [0, 0.1) is 11.3 Å². The number of benzene rings is 2. The summed E-state index contributed by atoms with van der Waals surface area (Å²) in [5, 5.41) is 17.0. The molecule has 31 heavy (non-hydrogen) atoms. The summed E-state index contributed by atoms with van der Waals surface area (Å²) in [7, 11) is 0. The smallest absolute Gasteiger partial charge is 0.265 e. The molecule has 0 fully saturated rings. The summed E-state index contributed by atoms with van der Waals surface area (Å²) in [4.78, 5) is 37.6. The van der Waals surface area contributed by atoms with Crippen molar-refractivity contribution in [1.82, 2.24) is 4.57 Å². The Kier molecular flexibility index (Phi) is 5.60. The third kappa shape index (κ3) is 4.37. The zero-order chi connectivity index (χ0) is 21.8. The molecule has 8 heteroatoms. The predicted molar refractivity (Wildman–Crippen MR) is 120 cm³/mol. The average Bonchev–Trinajstić information content (AvgIpc) is 3.32. The molecule has 7 nitrogen and oxygen atoms in total. The standard InChI is InChI=1S/C23H16N4O3S/c24-12-15-13-27(19-5-2-1-4-18(19)22(15)29)14-21(28)25-16-7-9-17(10-8-16)26-23(30)20-6-3-11-31-20/h1-11,13H,14H2,(H,25,28)(H,26,30). The van der Waals surface area contributed by atoms with Gasteiger partial charge in [0.25, 0.3) is 5.91 Å². The summed E-state index contributed by atoms with van der Waals surface area (Å²) in [5.41, 5.74) is 1.38. The van der Waals surface area contributed by atoms with Crippen molar-refractivity contribution in [3.8, 4) is 6.07 Å². The molecule has 2 heterocycles. The van der Waals surface area contributed by atoms with E-state index in [0.29, 0.717) is 27.2 Å². The van der Waals surface area contributed by atoms with E-state index in [1.54, 1.807) is 59.2 Å². The second-order valence-electron chi connectivity index (χ2n) is 6.69. The molecule has 0 saturated carbocycles. The summed E-state index contributed by atoms with van der Waals surface area (Å²) >= 11 is 1.36. The largest absolute Gasteiger partial charge is 0.336 e. The van der Waals surface area contributed by atoms with Gasteiger partial charge in [0.15, 0.2) is 0 Å². The van der Waals surface area contributed by atoms with Gasteiger partial charge < -0.3 is 15.2 Å². The van der Waals surface area contributed by atoms with Gasteiger partial charge in [-0.15, -0.1) is 11.3 Å². The van der Waals surface area contributed by atoms with Crippen LogP contribution in [0.5, 0.6) is 0 Å². The molecule has 0 saturated heterocycles. The summed E-state index contributed by atoms with van der Waals surface area (Å²) in [6.45, 7) is -0.0632. The monoisotopic (exact) mass is 428 g/mol. The van der Waals surface area contributed by atoms with E-state index in [0.717, 1.165) is 0 Å². The zero-order valence-corrected chi connectivity index (χ0v) is 17.0. The number of hydrogen-bond donors (Lipinski definition) is 2. The van der Waals surface area contributed by atoms with Gasteiger partial charge in [0.2, 0.25) is 11.3 Å². The van der Waals surface area contributed by atoms with E-state index in [9.17, 15) is 19.6 Å². The van der Waals surface area contributed by atoms with Crippen LogP contribution in [0.15, 0.2) is 77.0 Å². The number of thiophene rings is 1. The number of nitrogens with one attached hydrogen (secondary N) is 2. The van der Waals surface area contributed by atoms with Crippen LogP contribution < -0.4 is 16.1 Å². The normalized spacial score (nSPS) is 10.4. The van der Waals surface area contributed by atoms with Crippen molar-refractivity contribution in [3.05, 3.63) is 92.9 Å². The highest BCUT2D eigenvalue weighted by atomic mass is 32.1. The molecule has 152 valence electrons. The Morgan fingerprint density at radius 1 is 0.968 bits per heavy atom. The molecule has 2 N–H and O–H groups in total. The highest BCUT2D eigenvalue weighted by Gasteiger charge is 2.12. The number of hydrogen-bond acceptors (Lipinski definition) is 5. The van der Waals surface area contributed by atoms with Gasteiger partial charge >= 0.3 is 0 Å². The number of fused-ring (bicyclic) bond motifs is 1. The highest BCUT2D eigenvalue weighted by molar-refractivity contribution is 7.12. The number of nitrogens with zero attached hydrogens (tertiary/aromatic N) is 2. The molecule has 2 aromatic heterocycles.